The van der Waals surface area contributed by atoms with Crippen molar-refractivity contribution in [3.8, 4) is 0 Å². The van der Waals surface area contributed by atoms with Gasteiger partial charge in [-0.1, -0.05) is 32.0 Å². The van der Waals surface area contributed by atoms with E-state index in [1.807, 2.05) is 32.0 Å². The highest BCUT2D eigenvalue weighted by Gasteiger charge is 2.25. The number of nitrogens with zero attached hydrogens (tertiary/aromatic N) is 3. The van der Waals surface area contributed by atoms with E-state index < -0.39 is 5.92 Å². The molecule has 0 aliphatic rings. The van der Waals surface area contributed by atoms with Crippen LogP contribution in [0.5, 0.6) is 0 Å². The Morgan fingerprint density at radius 1 is 1.07 bits per heavy atom. The molecule has 160 valence electrons. The van der Waals surface area contributed by atoms with Crippen LogP contribution in [0.1, 0.15) is 42.3 Å². The summed E-state index contributed by atoms with van der Waals surface area (Å²) in [5.41, 5.74) is 6.39. The lowest BCUT2D eigenvalue weighted by atomic mass is 10.0. The maximum Gasteiger partial charge on any atom is 0.271 e. The number of hydrogen-bond donors (Lipinski definition) is 2. The summed E-state index contributed by atoms with van der Waals surface area (Å²) in [6.07, 6.45) is 3.10. The van der Waals surface area contributed by atoms with Gasteiger partial charge >= 0.3 is 0 Å². The Labute approximate surface area is 178 Å². The topological polar surface area (TPSA) is 86.7 Å². The predicted molar refractivity (Wildman–Crippen MR) is 121 cm³/mol. The van der Waals surface area contributed by atoms with Crippen LogP contribution in [0.3, 0.4) is 0 Å². The van der Waals surface area contributed by atoms with Crippen molar-refractivity contribution >= 4 is 23.2 Å². The average Bonchev–Trinajstić information content (AvgIpc) is 2.75. The third kappa shape index (κ3) is 6.22. The van der Waals surface area contributed by atoms with Crippen molar-refractivity contribution in [2.75, 3.05) is 25.0 Å². The molecule has 1 atom stereocenters. The second-order valence-electron chi connectivity index (χ2n) is 7.22. The molecule has 0 aliphatic carbocycles. The highest BCUT2D eigenvalue weighted by molar-refractivity contribution is 6.09. The summed E-state index contributed by atoms with van der Waals surface area (Å²) in [5.74, 6) is -0.978. The number of benzene rings is 1. The molecular formula is C23H31N5O2. The molecular weight excluding hydrogens is 378 g/mol. The average molecular weight is 410 g/mol. The van der Waals surface area contributed by atoms with Gasteiger partial charge in [-0.3, -0.25) is 14.6 Å². The standard InChI is InChI=1S/C23H31N5O2/c1-6-28(7-2)15-20(23(30)25-21-16(3)9-8-10-17(21)4)18(5)26-27-22(29)19-11-13-24-14-12-19/h8-14,20H,6-7,15H2,1-5H3,(H,25,30)(H,27,29)/b26-18+/t20-/m1/s1. The molecule has 2 amide bonds. The molecule has 2 aromatic rings. The van der Waals surface area contributed by atoms with Gasteiger partial charge < -0.3 is 10.2 Å². The van der Waals surface area contributed by atoms with E-state index in [-0.39, 0.29) is 11.8 Å². The number of aryl methyl sites for hydroxylation is 2. The zero-order chi connectivity index (χ0) is 22.1. The van der Waals surface area contributed by atoms with E-state index in [4.69, 9.17) is 0 Å². The van der Waals surface area contributed by atoms with Crippen LogP contribution in [0.15, 0.2) is 47.8 Å². The number of anilines is 1. The Kier molecular flexibility index (Phi) is 8.68. The van der Waals surface area contributed by atoms with Crippen LogP contribution in [-0.4, -0.2) is 47.0 Å². The van der Waals surface area contributed by atoms with Crippen LogP contribution >= 0.6 is 0 Å². The van der Waals surface area contributed by atoms with Crippen molar-refractivity contribution < 1.29 is 9.59 Å². The summed E-state index contributed by atoms with van der Waals surface area (Å²) in [6.45, 7) is 12.0. The maximum atomic E-state index is 13.2. The van der Waals surface area contributed by atoms with Gasteiger partial charge in [0.05, 0.1) is 5.92 Å². The fraction of sp³-hybridized carbons (Fsp3) is 0.391. The first-order valence-electron chi connectivity index (χ1n) is 10.2. The van der Waals surface area contributed by atoms with Crippen LogP contribution < -0.4 is 10.7 Å². The van der Waals surface area contributed by atoms with Gasteiger partial charge in [-0.15, -0.1) is 0 Å². The number of pyridine rings is 1. The fourth-order valence-electron chi connectivity index (χ4n) is 3.15. The van der Waals surface area contributed by atoms with Crippen molar-refractivity contribution in [2.45, 2.75) is 34.6 Å². The maximum absolute atomic E-state index is 13.2. The third-order valence-electron chi connectivity index (χ3n) is 5.16. The lowest BCUT2D eigenvalue weighted by molar-refractivity contribution is -0.118. The Morgan fingerprint density at radius 3 is 2.23 bits per heavy atom. The van der Waals surface area contributed by atoms with E-state index in [0.29, 0.717) is 17.8 Å². The van der Waals surface area contributed by atoms with Crippen LogP contribution in [0.4, 0.5) is 5.69 Å². The number of carbonyl (C=O) groups excluding carboxylic acids is 2. The molecule has 0 fully saturated rings. The monoisotopic (exact) mass is 409 g/mol. The minimum absolute atomic E-state index is 0.140. The summed E-state index contributed by atoms with van der Waals surface area (Å²) in [6, 6.07) is 9.13. The second kappa shape index (κ2) is 11.2. The molecule has 1 aromatic carbocycles. The van der Waals surface area contributed by atoms with E-state index >= 15 is 0 Å². The van der Waals surface area contributed by atoms with Gasteiger partial charge in [0.1, 0.15) is 0 Å². The molecule has 7 heteroatoms. The van der Waals surface area contributed by atoms with Crippen LogP contribution in [-0.2, 0) is 4.79 Å². The van der Waals surface area contributed by atoms with Gasteiger partial charge in [0.2, 0.25) is 5.91 Å². The molecule has 0 aliphatic heterocycles. The van der Waals surface area contributed by atoms with E-state index in [2.05, 4.69) is 39.6 Å². The number of hydrogen-bond acceptors (Lipinski definition) is 5. The van der Waals surface area contributed by atoms with Gasteiger partial charge in [-0.05, 0) is 57.1 Å². The zero-order valence-electron chi connectivity index (χ0n) is 18.4. The highest BCUT2D eigenvalue weighted by atomic mass is 16.2. The number of carbonyl (C=O) groups is 2. The fourth-order valence-corrected chi connectivity index (χ4v) is 3.15. The third-order valence-corrected chi connectivity index (χ3v) is 5.16. The van der Waals surface area contributed by atoms with Gasteiger partial charge in [0.15, 0.2) is 0 Å². The summed E-state index contributed by atoms with van der Waals surface area (Å²) in [4.78, 5) is 31.6. The molecule has 0 saturated carbocycles. The van der Waals surface area contributed by atoms with Crippen molar-refractivity contribution in [3.63, 3.8) is 0 Å². The predicted octanol–water partition coefficient (Wildman–Crippen LogP) is 3.40. The van der Waals surface area contributed by atoms with E-state index in [0.717, 1.165) is 29.9 Å². The van der Waals surface area contributed by atoms with E-state index in [1.54, 1.807) is 31.5 Å². The number of para-hydroxylation sites is 1. The molecule has 30 heavy (non-hydrogen) atoms. The number of aromatic nitrogens is 1. The van der Waals surface area contributed by atoms with Crippen molar-refractivity contribution in [1.82, 2.24) is 15.3 Å². The number of amides is 2. The lowest BCUT2D eigenvalue weighted by Crippen LogP contribution is -2.40. The Bertz CT molecular complexity index is 871. The van der Waals surface area contributed by atoms with Crippen LogP contribution in [0, 0.1) is 19.8 Å². The minimum atomic E-state index is -0.498. The number of rotatable bonds is 9. The first-order valence-corrected chi connectivity index (χ1v) is 10.2. The highest BCUT2D eigenvalue weighted by Crippen LogP contribution is 2.21. The van der Waals surface area contributed by atoms with Crippen molar-refractivity contribution in [2.24, 2.45) is 11.0 Å². The molecule has 0 radical (unpaired) electrons. The summed E-state index contributed by atoms with van der Waals surface area (Å²) in [5, 5.41) is 7.30. The summed E-state index contributed by atoms with van der Waals surface area (Å²) in [7, 11) is 0. The Balaban J connectivity index is 2.22. The SMILES string of the molecule is CCN(CC)C[C@@H](C(=O)Nc1c(C)cccc1C)/C(C)=N/NC(=O)c1ccncc1. The number of nitrogens with one attached hydrogen (secondary N) is 2. The van der Waals surface area contributed by atoms with Gasteiger partial charge in [-0.2, -0.15) is 5.10 Å². The largest absolute Gasteiger partial charge is 0.325 e. The smallest absolute Gasteiger partial charge is 0.271 e. The molecule has 2 rings (SSSR count). The Hall–Kier alpha value is -3.06. The molecule has 0 unspecified atom stereocenters. The van der Waals surface area contributed by atoms with Crippen molar-refractivity contribution in [3.05, 3.63) is 59.4 Å². The number of hydrazone groups is 1. The van der Waals surface area contributed by atoms with E-state index in [1.165, 1.54) is 0 Å². The van der Waals surface area contributed by atoms with E-state index in [9.17, 15) is 9.59 Å². The van der Waals surface area contributed by atoms with Gasteiger partial charge in [0, 0.05) is 35.9 Å². The van der Waals surface area contributed by atoms with Crippen LogP contribution in [0.25, 0.3) is 0 Å². The first-order chi connectivity index (χ1) is 14.4. The minimum Gasteiger partial charge on any atom is -0.325 e. The molecule has 1 heterocycles. The molecule has 0 saturated heterocycles. The molecule has 2 N–H and O–H groups in total. The second-order valence-corrected chi connectivity index (χ2v) is 7.22. The molecule has 0 bridgehead atoms. The normalized spacial score (nSPS) is 12.5. The summed E-state index contributed by atoms with van der Waals surface area (Å²) >= 11 is 0. The first kappa shape index (κ1) is 23.2. The van der Waals surface area contributed by atoms with Gasteiger partial charge in [0.25, 0.3) is 5.91 Å². The molecule has 0 spiro atoms. The zero-order valence-corrected chi connectivity index (χ0v) is 18.4. The summed E-state index contributed by atoms with van der Waals surface area (Å²) < 4.78 is 0. The van der Waals surface area contributed by atoms with Crippen LogP contribution in [0.2, 0.25) is 0 Å². The van der Waals surface area contributed by atoms with Gasteiger partial charge in [-0.25, -0.2) is 5.43 Å². The molecule has 7 nitrogen and oxygen atoms in total. The lowest BCUT2D eigenvalue weighted by Gasteiger charge is -2.25. The quantitative estimate of drug-likeness (QED) is 0.491. The van der Waals surface area contributed by atoms with Crippen molar-refractivity contribution in [1.29, 1.82) is 0 Å². The Morgan fingerprint density at radius 2 is 1.67 bits per heavy atom. The molecule has 1 aromatic heterocycles.